The molecular weight excluding hydrogens is 175 g/mol. The number of esters is 1. The molecule has 0 saturated heterocycles. The number of aromatic amines is 1. The number of unbranched alkanes of at least 4 members (excludes halogenated alkanes) is 1. The van der Waals surface area contributed by atoms with Gasteiger partial charge in [0.05, 0.1) is 12.9 Å². The van der Waals surface area contributed by atoms with Crippen molar-refractivity contribution >= 4 is 5.97 Å². The van der Waals surface area contributed by atoms with E-state index in [-0.39, 0.29) is 5.69 Å². The molecule has 0 unspecified atom stereocenters. The highest BCUT2D eigenvalue weighted by atomic mass is 19.1. The fourth-order valence-electron chi connectivity index (χ4n) is 0.798. The molecular formula is C8H11FN2O2. The summed E-state index contributed by atoms with van der Waals surface area (Å²) in [5, 5.41) is 0. The fraction of sp³-hybridized carbons (Fsp3) is 0.500. The van der Waals surface area contributed by atoms with Gasteiger partial charge in [0.15, 0.2) is 0 Å². The van der Waals surface area contributed by atoms with Gasteiger partial charge in [-0.1, -0.05) is 13.3 Å². The minimum Gasteiger partial charge on any atom is -0.461 e. The molecule has 1 N–H and O–H groups in total. The summed E-state index contributed by atoms with van der Waals surface area (Å²) < 4.78 is 17.4. The number of hydrogen-bond donors (Lipinski definition) is 1. The summed E-state index contributed by atoms with van der Waals surface area (Å²) in [5.74, 6) is -1.46. The van der Waals surface area contributed by atoms with Gasteiger partial charge in [0.1, 0.15) is 0 Å². The first kappa shape index (κ1) is 9.70. The van der Waals surface area contributed by atoms with Crippen LogP contribution >= 0.6 is 0 Å². The van der Waals surface area contributed by atoms with Crippen LogP contribution in [0.25, 0.3) is 0 Å². The predicted octanol–water partition coefficient (Wildman–Crippen LogP) is 1.51. The molecule has 5 heteroatoms. The number of aromatic nitrogens is 2. The lowest BCUT2D eigenvalue weighted by Crippen LogP contribution is -2.08. The van der Waals surface area contributed by atoms with E-state index in [2.05, 4.69) is 9.97 Å². The number of carbonyl (C=O) groups excluding carboxylic acids is 1. The van der Waals surface area contributed by atoms with Crippen molar-refractivity contribution in [2.24, 2.45) is 0 Å². The second-order valence-corrected chi connectivity index (χ2v) is 2.55. The van der Waals surface area contributed by atoms with E-state index in [1.165, 1.54) is 0 Å². The van der Waals surface area contributed by atoms with Gasteiger partial charge in [-0.15, -0.1) is 0 Å². The smallest absolute Gasteiger partial charge is 0.361 e. The molecule has 0 aliphatic rings. The third-order valence-corrected chi connectivity index (χ3v) is 1.52. The Morgan fingerprint density at radius 2 is 2.54 bits per heavy atom. The van der Waals surface area contributed by atoms with E-state index in [1.807, 2.05) is 6.92 Å². The molecule has 4 nitrogen and oxygen atoms in total. The molecule has 13 heavy (non-hydrogen) atoms. The van der Waals surface area contributed by atoms with Gasteiger partial charge in [-0.05, 0) is 6.42 Å². The molecule has 1 rings (SSSR count). The Hall–Kier alpha value is -1.39. The highest BCUT2D eigenvalue weighted by Crippen LogP contribution is 2.02. The Balaban J connectivity index is 2.45. The van der Waals surface area contributed by atoms with Crippen molar-refractivity contribution < 1.29 is 13.9 Å². The molecule has 0 bridgehead atoms. The number of imidazole rings is 1. The maximum absolute atomic E-state index is 12.7. The van der Waals surface area contributed by atoms with Crippen molar-refractivity contribution in [3.63, 3.8) is 0 Å². The fourth-order valence-corrected chi connectivity index (χ4v) is 0.798. The van der Waals surface area contributed by atoms with Gasteiger partial charge >= 0.3 is 5.97 Å². The summed E-state index contributed by atoms with van der Waals surface area (Å²) >= 11 is 0. The number of hydrogen-bond acceptors (Lipinski definition) is 3. The molecule has 0 spiro atoms. The van der Waals surface area contributed by atoms with Crippen molar-refractivity contribution in [1.29, 1.82) is 0 Å². The molecule has 1 aromatic rings. The highest BCUT2D eigenvalue weighted by molar-refractivity contribution is 5.87. The Morgan fingerprint density at radius 1 is 1.77 bits per heavy atom. The quantitative estimate of drug-likeness (QED) is 0.572. The molecule has 0 aromatic carbocycles. The molecule has 0 fully saturated rings. The van der Waals surface area contributed by atoms with Gasteiger partial charge in [0.25, 0.3) is 0 Å². The number of carbonyl (C=O) groups is 1. The van der Waals surface area contributed by atoms with E-state index in [0.29, 0.717) is 6.61 Å². The van der Waals surface area contributed by atoms with Crippen molar-refractivity contribution in [2.45, 2.75) is 19.8 Å². The van der Waals surface area contributed by atoms with Crippen molar-refractivity contribution in [3.8, 4) is 0 Å². The molecule has 1 heterocycles. The van der Waals surface area contributed by atoms with Crippen LogP contribution in [0, 0.1) is 5.95 Å². The van der Waals surface area contributed by atoms with Crippen LogP contribution in [0.4, 0.5) is 4.39 Å². The van der Waals surface area contributed by atoms with E-state index in [0.717, 1.165) is 19.2 Å². The van der Waals surface area contributed by atoms with Gasteiger partial charge in [-0.25, -0.2) is 9.78 Å². The van der Waals surface area contributed by atoms with Gasteiger partial charge in [0, 0.05) is 0 Å². The normalized spacial score (nSPS) is 10.0. The molecule has 0 aliphatic heterocycles. The van der Waals surface area contributed by atoms with Gasteiger partial charge in [0.2, 0.25) is 11.6 Å². The topological polar surface area (TPSA) is 55.0 Å². The zero-order chi connectivity index (χ0) is 9.68. The molecule has 0 amide bonds. The summed E-state index contributed by atoms with van der Waals surface area (Å²) in [6.45, 7) is 2.28. The summed E-state index contributed by atoms with van der Waals surface area (Å²) in [4.78, 5) is 16.7. The first-order valence-corrected chi connectivity index (χ1v) is 4.11. The average molecular weight is 186 g/mol. The second kappa shape index (κ2) is 4.59. The monoisotopic (exact) mass is 186 g/mol. The molecule has 0 aliphatic carbocycles. The largest absolute Gasteiger partial charge is 0.461 e. The Labute approximate surface area is 75.1 Å². The number of nitrogens with zero attached hydrogens (tertiary/aromatic N) is 1. The Kier molecular flexibility index (Phi) is 3.42. The summed E-state index contributed by atoms with van der Waals surface area (Å²) in [6.07, 6.45) is 2.82. The van der Waals surface area contributed by atoms with Gasteiger partial charge in [-0.3, -0.25) is 0 Å². The number of halogens is 1. The van der Waals surface area contributed by atoms with Crippen LogP contribution in [0.3, 0.4) is 0 Å². The lowest BCUT2D eigenvalue weighted by Gasteiger charge is -2.00. The van der Waals surface area contributed by atoms with Crippen molar-refractivity contribution in [3.05, 3.63) is 18.0 Å². The van der Waals surface area contributed by atoms with E-state index >= 15 is 0 Å². The SMILES string of the molecule is CCCCOC(=O)c1nc[nH]c1F. The molecule has 72 valence electrons. The zero-order valence-electron chi connectivity index (χ0n) is 7.34. The van der Waals surface area contributed by atoms with Crippen LogP contribution in [0.1, 0.15) is 30.3 Å². The third kappa shape index (κ3) is 2.54. The second-order valence-electron chi connectivity index (χ2n) is 2.55. The lowest BCUT2D eigenvalue weighted by molar-refractivity contribution is 0.0487. The van der Waals surface area contributed by atoms with Crippen LogP contribution < -0.4 is 0 Å². The summed E-state index contributed by atoms with van der Waals surface area (Å²) in [7, 11) is 0. The minimum atomic E-state index is -0.749. The Morgan fingerprint density at radius 3 is 3.08 bits per heavy atom. The Bertz CT molecular complexity index is 285. The third-order valence-electron chi connectivity index (χ3n) is 1.52. The van der Waals surface area contributed by atoms with E-state index < -0.39 is 11.9 Å². The first-order valence-electron chi connectivity index (χ1n) is 4.11. The highest BCUT2D eigenvalue weighted by Gasteiger charge is 2.15. The van der Waals surface area contributed by atoms with Crippen molar-refractivity contribution in [1.82, 2.24) is 9.97 Å². The standard InChI is InChI=1S/C8H11FN2O2/c1-2-3-4-13-8(12)6-7(9)11-5-10-6/h5H,2-4H2,1H3,(H,10,11). The van der Waals surface area contributed by atoms with Crippen LogP contribution in [0.15, 0.2) is 6.33 Å². The maximum Gasteiger partial charge on any atom is 0.361 e. The van der Waals surface area contributed by atoms with E-state index in [9.17, 15) is 9.18 Å². The van der Waals surface area contributed by atoms with E-state index in [4.69, 9.17) is 4.74 Å². The van der Waals surface area contributed by atoms with Crippen LogP contribution in [0.2, 0.25) is 0 Å². The molecule has 0 saturated carbocycles. The first-order chi connectivity index (χ1) is 6.25. The van der Waals surface area contributed by atoms with Gasteiger partial charge in [-0.2, -0.15) is 4.39 Å². The average Bonchev–Trinajstić information content (AvgIpc) is 2.52. The van der Waals surface area contributed by atoms with Gasteiger partial charge < -0.3 is 9.72 Å². The molecule has 0 atom stereocenters. The summed E-state index contributed by atoms with van der Waals surface area (Å²) in [6, 6.07) is 0. The van der Waals surface area contributed by atoms with Crippen LogP contribution in [0.5, 0.6) is 0 Å². The number of nitrogens with one attached hydrogen (secondary N) is 1. The predicted molar refractivity (Wildman–Crippen MR) is 43.7 cm³/mol. The number of ether oxygens (including phenoxy) is 1. The summed E-state index contributed by atoms with van der Waals surface area (Å²) in [5.41, 5.74) is -0.281. The lowest BCUT2D eigenvalue weighted by atomic mass is 10.4. The van der Waals surface area contributed by atoms with Crippen LogP contribution in [-0.2, 0) is 4.74 Å². The molecule has 0 radical (unpaired) electrons. The maximum atomic E-state index is 12.7. The van der Waals surface area contributed by atoms with Crippen LogP contribution in [-0.4, -0.2) is 22.5 Å². The number of H-pyrrole nitrogens is 1. The molecule has 1 aromatic heterocycles. The minimum absolute atomic E-state index is 0.281. The number of rotatable bonds is 4. The van der Waals surface area contributed by atoms with Crippen molar-refractivity contribution in [2.75, 3.05) is 6.61 Å². The zero-order valence-corrected chi connectivity index (χ0v) is 7.34. The van der Waals surface area contributed by atoms with E-state index in [1.54, 1.807) is 0 Å².